The van der Waals surface area contributed by atoms with Gasteiger partial charge in [0.05, 0.1) is 0 Å². The number of hydrogen-bond donors (Lipinski definition) is 1. The molecule has 2 rings (SSSR count). The number of aryl methyl sites for hydroxylation is 1. The van der Waals surface area contributed by atoms with E-state index in [-0.39, 0.29) is 0 Å². The molecule has 96 valence electrons. The lowest BCUT2D eigenvalue weighted by molar-refractivity contribution is 0.433. The lowest BCUT2D eigenvalue weighted by Gasteiger charge is -2.26. The quantitative estimate of drug-likeness (QED) is 0.868. The number of halogens is 1. The first kappa shape index (κ1) is 13.3. The molecule has 3 nitrogen and oxygen atoms in total. The summed E-state index contributed by atoms with van der Waals surface area (Å²) >= 11 is 7.23. The fourth-order valence-electron chi connectivity index (χ4n) is 2.21. The summed E-state index contributed by atoms with van der Waals surface area (Å²) in [4.78, 5) is 0.997. The van der Waals surface area contributed by atoms with Gasteiger partial charge in [-0.3, -0.25) is 0 Å². The molecule has 0 aliphatic heterocycles. The van der Waals surface area contributed by atoms with Crippen molar-refractivity contribution in [1.82, 2.24) is 4.72 Å². The van der Waals surface area contributed by atoms with Crippen LogP contribution >= 0.6 is 22.9 Å². The Morgan fingerprint density at radius 1 is 1.41 bits per heavy atom. The summed E-state index contributed by atoms with van der Waals surface area (Å²) in [6, 6.07) is 3.47. The van der Waals surface area contributed by atoms with Crippen LogP contribution in [-0.2, 0) is 10.0 Å². The third-order valence-corrected chi connectivity index (χ3v) is 6.73. The zero-order valence-corrected chi connectivity index (χ0v) is 12.1. The normalized spacial score (nSPS) is 19.6. The van der Waals surface area contributed by atoms with Gasteiger partial charge in [-0.2, -0.15) is 0 Å². The van der Waals surface area contributed by atoms with E-state index in [2.05, 4.69) is 4.72 Å². The topological polar surface area (TPSA) is 46.2 Å². The standard InChI is InChI=1S/C11H16ClNO2S2/c1-9-4-5-10(16-9)17(14,15)13-11(8-12)6-2-3-7-11/h4-5,13H,2-3,6-8H2,1H3. The summed E-state index contributed by atoms with van der Waals surface area (Å²) in [6.07, 6.45) is 3.75. The minimum Gasteiger partial charge on any atom is -0.206 e. The molecule has 0 bridgehead atoms. The lowest BCUT2D eigenvalue weighted by Crippen LogP contribution is -2.47. The Morgan fingerprint density at radius 2 is 2.06 bits per heavy atom. The molecule has 0 amide bonds. The summed E-state index contributed by atoms with van der Waals surface area (Å²) in [5, 5.41) is 0. The summed E-state index contributed by atoms with van der Waals surface area (Å²) in [6.45, 7) is 1.90. The van der Waals surface area contributed by atoms with Crippen molar-refractivity contribution in [2.75, 3.05) is 5.88 Å². The van der Waals surface area contributed by atoms with Crippen molar-refractivity contribution in [2.45, 2.75) is 42.4 Å². The van der Waals surface area contributed by atoms with E-state index in [1.165, 1.54) is 11.3 Å². The molecule has 0 unspecified atom stereocenters. The maximum absolute atomic E-state index is 12.2. The SMILES string of the molecule is Cc1ccc(S(=O)(=O)NC2(CCl)CCCC2)s1. The van der Waals surface area contributed by atoms with Crippen molar-refractivity contribution in [3.8, 4) is 0 Å². The van der Waals surface area contributed by atoms with Crippen LogP contribution in [0.25, 0.3) is 0 Å². The number of sulfonamides is 1. The Hall–Kier alpha value is -0.100. The zero-order valence-electron chi connectivity index (χ0n) is 9.70. The van der Waals surface area contributed by atoms with Crippen LogP contribution in [0.15, 0.2) is 16.3 Å². The maximum atomic E-state index is 12.2. The average molecular weight is 294 g/mol. The van der Waals surface area contributed by atoms with Crippen molar-refractivity contribution in [2.24, 2.45) is 0 Å². The molecular weight excluding hydrogens is 278 g/mol. The van der Waals surface area contributed by atoms with Crippen LogP contribution in [0.4, 0.5) is 0 Å². The zero-order chi connectivity index (χ0) is 12.5. The average Bonchev–Trinajstić information content (AvgIpc) is 2.87. The second kappa shape index (κ2) is 4.88. The van der Waals surface area contributed by atoms with E-state index in [9.17, 15) is 8.42 Å². The molecule has 0 aromatic carbocycles. The van der Waals surface area contributed by atoms with Gasteiger partial charge in [0.25, 0.3) is 10.0 Å². The Bertz CT molecular complexity index is 489. The van der Waals surface area contributed by atoms with Gasteiger partial charge in [-0.1, -0.05) is 12.8 Å². The number of nitrogens with one attached hydrogen (secondary N) is 1. The first-order valence-corrected chi connectivity index (χ1v) is 8.47. The number of thiophene rings is 1. The van der Waals surface area contributed by atoms with Gasteiger partial charge in [-0.05, 0) is 31.9 Å². The molecule has 1 aromatic rings. The van der Waals surface area contributed by atoms with Gasteiger partial charge in [-0.25, -0.2) is 13.1 Å². The van der Waals surface area contributed by atoms with Gasteiger partial charge >= 0.3 is 0 Å². The van der Waals surface area contributed by atoms with Crippen LogP contribution < -0.4 is 4.72 Å². The van der Waals surface area contributed by atoms with Gasteiger partial charge in [0.2, 0.25) is 0 Å². The van der Waals surface area contributed by atoms with E-state index < -0.39 is 15.6 Å². The Labute approximate surface area is 111 Å². The first-order valence-electron chi connectivity index (χ1n) is 5.64. The van der Waals surface area contributed by atoms with Crippen molar-refractivity contribution < 1.29 is 8.42 Å². The van der Waals surface area contributed by atoms with Gasteiger partial charge in [0.15, 0.2) is 0 Å². The molecule has 17 heavy (non-hydrogen) atoms. The highest BCUT2D eigenvalue weighted by molar-refractivity contribution is 7.91. The first-order chi connectivity index (χ1) is 7.97. The highest BCUT2D eigenvalue weighted by Gasteiger charge is 2.37. The van der Waals surface area contributed by atoms with Gasteiger partial charge < -0.3 is 0 Å². The van der Waals surface area contributed by atoms with Crippen molar-refractivity contribution in [3.05, 3.63) is 17.0 Å². The maximum Gasteiger partial charge on any atom is 0.250 e. The molecule has 0 spiro atoms. The van der Waals surface area contributed by atoms with Crippen LogP contribution in [0.5, 0.6) is 0 Å². The van der Waals surface area contributed by atoms with Crippen molar-refractivity contribution in [3.63, 3.8) is 0 Å². The molecule has 1 saturated carbocycles. The van der Waals surface area contributed by atoms with E-state index >= 15 is 0 Å². The summed E-state index contributed by atoms with van der Waals surface area (Å²) < 4.78 is 27.6. The second-order valence-electron chi connectivity index (χ2n) is 4.59. The fourth-order valence-corrected chi connectivity index (χ4v) is 5.36. The van der Waals surface area contributed by atoms with E-state index in [0.29, 0.717) is 10.1 Å². The molecule has 1 aliphatic rings. The third-order valence-electron chi connectivity index (χ3n) is 3.15. The minimum atomic E-state index is -3.41. The minimum absolute atomic E-state index is 0.344. The lowest BCUT2D eigenvalue weighted by atomic mass is 10.0. The van der Waals surface area contributed by atoms with Crippen molar-refractivity contribution in [1.29, 1.82) is 0 Å². The Balaban J connectivity index is 2.22. The van der Waals surface area contributed by atoms with Gasteiger partial charge in [0, 0.05) is 16.3 Å². The highest BCUT2D eigenvalue weighted by Crippen LogP contribution is 2.33. The largest absolute Gasteiger partial charge is 0.250 e. The molecule has 1 aliphatic carbocycles. The highest BCUT2D eigenvalue weighted by atomic mass is 35.5. The monoisotopic (exact) mass is 293 g/mol. The molecular formula is C11H16ClNO2S2. The molecule has 1 heterocycles. The molecule has 0 saturated heterocycles. The van der Waals surface area contributed by atoms with Crippen LogP contribution in [-0.4, -0.2) is 19.8 Å². The van der Waals surface area contributed by atoms with Gasteiger partial charge in [-0.15, -0.1) is 22.9 Å². The summed E-state index contributed by atoms with van der Waals surface area (Å²) in [7, 11) is -3.41. The van der Waals surface area contributed by atoms with Crippen LogP contribution in [0.1, 0.15) is 30.6 Å². The van der Waals surface area contributed by atoms with Crippen LogP contribution in [0.3, 0.4) is 0 Å². The van der Waals surface area contributed by atoms with Crippen molar-refractivity contribution >= 4 is 33.0 Å². The molecule has 1 N–H and O–H groups in total. The molecule has 0 atom stereocenters. The number of hydrogen-bond acceptors (Lipinski definition) is 3. The summed E-state index contributed by atoms with van der Waals surface area (Å²) in [5.41, 5.74) is -0.432. The molecule has 1 fully saturated rings. The Kier molecular flexibility index (Phi) is 3.83. The van der Waals surface area contributed by atoms with Gasteiger partial charge in [0.1, 0.15) is 4.21 Å². The smallest absolute Gasteiger partial charge is 0.206 e. The predicted molar refractivity (Wildman–Crippen MR) is 71.3 cm³/mol. The number of alkyl halides is 1. The number of rotatable bonds is 4. The molecule has 0 radical (unpaired) electrons. The fraction of sp³-hybridized carbons (Fsp3) is 0.636. The van der Waals surface area contributed by atoms with Crippen LogP contribution in [0.2, 0.25) is 0 Å². The third kappa shape index (κ3) is 2.84. The van der Waals surface area contributed by atoms with E-state index in [4.69, 9.17) is 11.6 Å². The molecule has 6 heteroatoms. The molecule has 1 aromatic heterocycles. The van der Waals surface area contributed by atoms with E-state index in [1.54, 1.807) is 6.07 Å². The Morgan fingerprint density at radius 3 is 2.53 bits per heavy atom. The second-order valence-corrected chi connectivity index (χ2v) is 8.06. The predicted octanol–water partition coefficient (Wildman–Crippen LogP) is 2.89. The summed E-state index contributed by atoms with van der Waals surface area (Å²) in [5.74, 6) is 0.344. The van der Waals surface area contributed by atoms with E-state index in [0.717, 1.165) is 30.6 Å². The van der Waals surface area contributed by atoms with Crippen LogP contribution in [0, 0.1) is 6.92 Å². The van der Waals surface area contributed by atoms with E-state index in [1.807, 2.05) is 13.0 Å².